The molecule has 0 bridgehead atoms. The monoisotopic (exact) mass is 482 g/mol. The van der Waals surface area contributed by atoms with Crippen molar-refractivity contribution >= 4 is 27.6 Å². The molecule has 0 aliphatic carbocycles. The molecule has 1 heterocycles. The molecule has 6 nitrogen and oxygen atoms in total. The molecule has 0 saturated carbocycles. The van der Waals surface area contributed by atoms with E-state index in [0.717, 1.165) is 11.1 Å². The van der Waals surface area contributed by atoms with E-state index in [9.17, 15) is 8.42 Å². The molecule has 172 valence electrons. The van der Waals surface area contributed by atoms with Gasteiger partial charge in [-0.25, -0.2) is 8.42 Å². The lowest BCUT2D eigenvalue weighted by Crippen LogP contribution is -2.49. The minimum absolute atomic E-state index is 0.101. The average molecular weight is 483 g/mol. The summed E-state index contributed by atoms with van der Waals surface area (Å²) in [6, 6.07) is 23.6. The normalized spacial score (nSPS) is 19.0. The predicted octanol–water partition coefficient (Wildman–Crippen LogP) is 4.89. The summed E-state index contributed by atoms with van der Waals surface area (Å²) in [5.41, 5.74) is 2.49. The molecule has 3 aromatic carbocycles. The Balaban J connectivity index is 1.95. The van der Waals surface area contributed by atoms with Crippen LogP contribution in [0.25, 0.3) is 0 Å². The maximum Gasteiger partial charge on any atom is 0.260 e. The van der Waals surface area contributed by atoms with Crippen LogP contribution in [0.15, 0.2) is 83.8 Å². The zero-order chi connectivity index (χ0) is 23.8. The highest BCUT2D eigenvalue weighted by Crippen LogP contribution is 2.46. The van der Waals surface area contributed by atoms with E-state index >= 15 is 0 Å². The van der Waals surface area contributed by atoms with Crippen LogP contribution in [0.5, 0.6) is 0 Å². The van der Waals surface area contributed by atoms with Crippen molar-refractivity contribution in [2.75, 3.05) is 20.6 Å². The smallest absolute Gasteiger partial charge is 0.260 e. The fourth-order valence-corrected chi connectivity index (χ4v) is 6.34. The van der Waals surface area contributed by atoms with Crippen LogP contribution in [-0.2, 0) is 10.0 Å². The largest absolute Gasteiger partial charge is 0.348 e. The van der Waals surface area contributed by atoms with E-state index in [1.165, 1.54) is 4.41 Å². The molecule has 1 saturated heterocycles. The minimum Gasteiger partial charge on any atom is -0.348 e. The highest BCUT2D eigenvalue weighted by atomic mass is 35.5. The lowest BCUT2D eigenvalue weighted by molar-refractivity contribution is 0.159. The summed E-state index contributed by atoms with van der Waals surface area (Å²) in [6.07, 6.45) is 0. The summed E-state index contributed by atoms with van der Waals surface area (Å²) in [5.74, 6) is -0.0870. The number of benzene rings is 3. The number of hydrogen-bond acceptors (Lipinski definition) is 3. The fraction of sp³-hybridized carbons (Fsp3) is 0.240. The van der Waals surface area contributed by atoms with Crippen LogP contribution in [-0.4, -0.2) is 49.3 Å². The third kappa shape index (κ3) is 4.36. The Labute approximate surface area is 200 Å². The second-order valence-electron chi connectivity index (χ2n) is 8.36. The number of hydrazine groups is 1. The number of hydrogen-bond donors (Lipinski definition) is 1. The molecule has 1 aliphatic rings. The number of halogens is 1. The molecule has 1 N–H and O–H groups in total. The molecule has 2 atom stereocenters. The van der Waals surface area contributed by atoms with Gasteiger partial charge in [-0.1, -0.05) is 76.7 Å². The van der Waals surface area contributed by atoms with Crippen molar-refractivity contribution in [1.82, 2.24) is 14.3 Å². The molecule has 1 aliphatic heterocycles. The summed E-state index contributed by atoms with van der Waals surface area (Å²) in [7, 11) is -0.498. The standard InChI is InChI=1S/C25H27ClN4O2S/c1-18-9-7-8-12-23(18)33(31,32)30-24(20-13-15-21(26)16-14-20)22(19-10-5-4-6-11-19)17-29(30)25(27)28(2)3/h4-16,22,24,27H,17H2,1-3H3/t22-,24?/m1/s1. The molecule has 3 aromatic rings. The van der Waals surface area contributed by atoms with E-state index in [-0.39, 0.29) is 16.8 Å². The Kier molecular flexibility index (Phi) is 6.47. The zero-order valence-corrected chi connectivity index (χ0v) is 20.4. The number of nitrogens with one attached hydrogen (secondary N) is 1. The molecule has 0 amide bonds. The summed E-state index contributed by atoms with van der Waals surface area (Å²) < 4.78 is 29.7. The molecule has 0 radical (unpaired) electrons. The van der Waals surface area contributed by atoms with Crippen LogP contribution >= 0.6 is 11.6 Å². The van der Waals surface area contributed by atoms with Crippen molar-refractivity contribution in [2.24, 2.45) is 0 Å². The van der Waals surface area contributed by atoms with E-state index in [4.69, 9.17) is 17.0 Å². The van der Waals surface area contributed by atoms with Crippen LogP contribution in [0.4, 0.5) is 0 Å². The second kappa shape index (κ2) is 9.17. The van der Waals surface area contributed by atoms with Crippen molar-refractivity contribution in [1.29, 1.82) is 5.41 Å². The van der Waals surface area contributed by atoms with Gasteiger partial charge in [-0.15, -0.1) is 0 Å². The minimum atomic E-state index is -3.99. The molecule has 1 fully saturated rings. The molecule has 4 rings (SSSR count). The summed E-state index contributed by atoms with van der Waals surface area (Å²) in [5, 5.41) is 10.9. The van der Waals surface area contributed by atoms with Crippen molar-refractivity contribution in [3.63, 3.8) is 0 Å². The van der Waals surface area contributed by atoms with Crippen LogP contribution < -0.4 is 0 Å². The van der Waals surface area contributed by atoms with Crippen molar-refractivity contribution in [3.8, 4) is 0 Å². The molecule has 0 aromatic heterocycles. The molecular formula is C25H27ClN4O2S. The quantitative estimate of drug-likeness (QED) is 0.424. The molecular weight excluding hydrogens is 456 g/mol. The topological polar surface area (TPSA) is 67.7 Å². The van der Waals surface area contributed by atoms with Gasteiger partial charge in [-0.3, -0.25) is 10.4 Å². The van der Waals surface area contributed by atoms with Gasteiger partial charge in [-0.05, 0) is 41.8 Å². The fourth-order valence-electron chi connectivity index (χ4n) is 4.32. The number of rotatable bonds is 4. The van der Waals surface area contributed by atoms with Gasteiger partial charge in [0.2, 0.25) is 5.96 Å². The van der Waals surface area contributed by atoms with Gasteiger partial charge in [0.1, 0.15) is 0 Å². The molecule has 8 heteroatoms. The van der Waals surface area contributed by atoms with Gasteiger partial charge >= 0.3 is 0 Å². The van der Waals surface area contributed by atoms with Crippen molar-refractivity contribution in [3.05, 3.63) is 101 Å². The van der Waals surface area contributed by atoms with Gasteiger partial charge in [0.25, 0.3) is 10.0 Å². The van der Waals surface area contributed by atoms with Crippen LogP contribution in [0, 0.1) is 12.3 Å². The Morgan fingerprint density at radius 1 is 0.939 bits per heavy atom. The molecule has 33 heavy (non-hydrogen) atoms. The van der Waals surface area contributed by atoms with E-state index in [0.29, 0.717) is 17.1 Å². The second-order valence-corrected chi connectivity index (χ2v) is 10.6. The first-order valence-corrected chi connectivity index (χ1v) is 12.5. The maximum absolute atomic E-state index is 14.2. The van der Waals surface area contributed by atoms with Crippen LogP contribution in [0.2, 0.25) is 5.02 Å². The molecule has 0 spiro atoms. The Morgan fingerprint density at radius 2 is 1.55 bits per heavy atom. The Morgan fingerprint density at radius 3 is 2.15 bits per heavy atom. The average Bonchev–Trinajstić information content (AvgIpc) is 3.21. The van der Waals surface area contributed by atoms with Gasteiger partial charge < -0.3 is 4.90 Å². The van der Waals surface area contributed by atoms with Gasteiger partial charge in [0.15, 0.2) is 0 Å². The van der Waals surface area contributed by atoms with E-state index in [2.05, 4.69) is 0 Å². The van der Waals surface area contributed by atoms with Gasteiger partial charge in [-0.2, -0.15) is 0 Å². The Bertz CT molecular complexity index is 1250. The third-order valence-electron chi connectivity index (χ3n) is 5.95. The predicted molar refractivity (Wildman–Crippen MR) is 132 cm³/mol. The first kappa shape index (κ1) is 23.3. The third-order valence-corrected chi connectivity index (χ3v) is 8.13. The summed E-state index contributed by atoms with van der Waals surface area (Å²) in [6.45, 7) is 2.13. The number of guanidine groups is 1. The van der Waals surface area contributed by atoms with Crippen LogP contribution in [0.1, 0.15) is 28.7 Å². The van der Waals surface area contributed by atoms with Crippen LogP contribution in [0.3, 0.4) is 0 Å². The highest BCUT2D eigenvalue weighted by molar-refractivity contribution is 7.89. The van der Waals surface area contributed by atoms with Gasteiger partial charge in [0.05, 0.1) is 10.9 Å². The van der Waals surface area contributed by atoms with E-state index < -0.39 is 16.1 Å². The van der Waals surface area contributed by atoms with Crippen molar-refractivity contribution < 1.29 is 8.42 Å². The zero-order valence-electron chi connectivity index (χ0n) is 18.8. The summed E-state index contributed by atoms with van der Waals surface area (Å²) in [4.78, 5) is 1.85. The number of nitrogens with zero attached hydrogens (tertiary/aromatic N) is 3. The lowest BCUT2D eigenvalue weighted by Gasteiger charge is -2.35. The van der Waals surface area contributed by atoms with Gasteiger partial charge in [0, 0.05) is 31.6 Å². The van der Waals surface area contributed by atoms with E-state index in [1.807, 2.05) is 48.5 Å². The molecule has 1 unspecified atom stereocenters. The number of sulfonamides is 1. The first-order valence-electron chi connectivity index (χ1n) is 10.7. The maximum atomic E-state index is 14.2. The van der Waals surface area contributed by atoms with Crippen molar-refractivity contribution in [2.45, 2.75) is 23.8 Å². The Hall–Kier alpha value is -2.87. The summed E-state index contributed by atoms with van der Waals surface area (Å²) >= 11 is 6.15. The highest BCUT2D eigenvalue weighted by Gasteiger charge is 2.50. The number of aryl methyl sites for hydroxylation is 1. The SMILES string of the molecule is Cc1ccccc1S(=O)(=O)N1C(c2ccc(Cl)cc2)[C@@H](c2ccccc2)CN1C(=N)N(C)C. The lowest BCUT2D eigenvalue weighted by atomic mass is 9.89. The first-order chi connectivity index (χ1) is 15.7. The van der Waals surface area contributed by atoms with E-state index in [1.54, 1.807) is 61.3 Å².